The zero-order chi connectivity index (χ0) is 8.97. The lowest BCUT2D eigenvalue weighted by atomic mass is 10.2. The Hall–Kier alpha value is -1.58. The molecule has 1 heterocycles. The largest absolute Gasteiger partial charge is 0.371 e. The number of nitrogens with one attached hydrogen (secondary N) is 2. The number of aromatic nitrogens is 1. The summed E-state index contributed by atoms with van der Waals surface area (Å²) in [6.07, 6.45) is 2.34. The Morgan fingerprint density at radius 2 is 2.33 bits per heavy atom. The van der Waals surface area contributed by atoms with E-state index in [4.69, 9.17) is 0 Å². The van der Waals surface area contributed by atoms with Gasteiger partial charge in [-0.1, -0.05) is 0 Å². The number of anilines is 2. The molecule has 0 bridgehead atoms. The van der Waals surface area contributed by atoms with Crippen molar-refractivity contribution in [2.45, 2.75) is 6.92 Å². The van der Waals surface area contributed by atoms with E-state index in [0.29, 0.717) is 12.2 Å². The van der Waals surface area contributed by atoms with Crippen LogP contribution in [0.15, 0.2) is 12.3 Å². The molecule has 0 radical (unpaired) electrons. The second-order valence-corrected chi connectivity index (χ2v) is 2.36. The SMILES string of the molecule is CNc1nccc(C)c1NC=O. The van der Waals surface area contributed by atoms with Crippen LogP contribution >= 0.6 is 0 Å². The van der Waals surface area contributed by atoms with E-state index in [1.54, 1.807) is 13.2 Å². The van der Waals surface area contributed by atoms with E-state index in [1.807, 2.05) is 13.0 Å². The van der Waals surface area contributed by atoms with Crippen LogP contribution in [0.4, 0.5) is 11.5 Å². The van der Waals surface area contributed by atoms with Crippen molar-refractivity contribution in [1.29, 1.82) is 0 Å². The minimum absolute atomic E-state index is 0.644. The second-order valence-electron chi connectivity index (χ2n) is 2.36. The number of amides is 1. The van der Waals surface area contributed by atoms with E-state index >= 15 is 0 Å². The standard InChI is InChI=1S/C8H11N3O/c1-6-3-4-10-8(9-2)7(6)11-5-12/h3-5H,1-2H3,(H,9,10)(H,11,12). The van der Waals surface area contributed by atoms with E-state index in [-0.39, 0.29) is 0 Å². The molecule has 0 aliphatic heterocycles. The molecule has 1 rings (SSSR count). The van der Waals surface area contributed by atoms with Gasteiger partial charge >= 0.3 is 0 Å². The maximum atomic E-state index is 10.2. The average molecular weight is 165 g/mol. The number of pyridine rings is 1. The summed E-state index contributed by atoms with van der Waals surface area (Å²) >= 11 is 0. The number of rotatable bonds is 3. The van der Waals surface area contributed by atoms with Crippen LogP contribution in [0, 0.1) is 6.92 Å². The number of carbonyl (C=O) groups is 1. The molecule has 12 heavy (non-hydrogen) atoms. The highest BCUT2D eigenvalue weighted by molar-refractivity contribution is 5.80. The Labute approximate surface area is 71.0 Å². The molecule has 1 amide bonds. The maximum absolute atomic E-state index is 10.2. The van der Waals surface area contributed by atoms with Crippen LogP contribution in [0.1, 0.15) is 5.56 Å². The first-order valence-corrected chi connectivity index (χ1v) is 3.63. The van der Waals surface area contributed by atoms with Crippen molar-refractivity contribution in [1.82, 2.24) is 4.98 Å². The molecule has 0 aromatic carbocycles. The summed E-state index contributed by atoms with van der Waals surface area (Å²) in [4.78, 5) is 14.3. The molecule has 0 aliphatic rings. The molecule has 0 fully saturated rings. The smallest absolute Gasteiger partial charge is 0.211 e. The van der Waals surface area contributed by atoms with Crippen LogP contribution in [-0.4, -0.2) is 18.4 Å². The van der Waals surface area contributed by atoms with Gasteiger partial charge in [0, 0.05) is 13.2 Å². The number of hydrogen-bond acceptors (Lipinski definition) is 3. The first-order valence-electron chi connectivity index (χ1n) is 3.63. The lowest BCUT2D eigenvalue weighted by Crippen LogP contribution is -2.03. The molecule has 4 heteroatoms. The Morgan fingerprint density at radius 3 is 2.92 bits per heavy atom. The first kappa shape index (κ1) is 8.52. The van der Waals surface area contributed by atoms with Crippen LogP contribution in [0.5, 0.6) is 0 Å². The molecule has 0 spiro atoms. The van der Waals surface area contributed by atoms with E-state index in [9.17, 15) is 4.79 Å². The zero-order valence-electron chi connectivity index (χ0n) is 7.09. The molecule has 1 aromatic heterocycles. The fourth-order valence-electron chi connectivity index (χ4n) is 0.989. The molecule has 0 saturated carbocycles. The molecule has 0 saturated heterocycles. The highest BCUT2D eigenvalue weighted by Crippen LogP contribution is 2.21. The van der Waals surface area contributed by atoms with Crippen molar-refractivity contribution in [3.8, 4) is 0 Å². The quantitative estimate of drug-likeness (QED) is 0.657. The fraction of sp³-hybridized carbons (Fsp3) is 0.250. The number of carbonyl (C=O) groups excluding carboxylic acids is 1. The van der Waals surface area contributed by atoms with Gasteiger partial charge in [-0.2, -0.15) is 0 Å². The summed E-state index contributed by atoms with van der Waals surface area (Å²) in [7, 11) is 1.76. The van der Waals surface area contributed by atoms with Crippen LogP contribution < -0.4 is 10.6 Å². The number of aryl methyl sites for hydroxylation is 1. The van der Waals surface area contributed by atoms with Gasteiger partial charge in [0.15, 0.2) is 0 Å². The van der Waals surface area contributed by atoms with Gasteiger partial charge in [0.25, 0.3) is 0 Å². The Morgan fingerprint density at radius 1 is 1.58 bits per heavy atom. The normalized spacial score (nSPS) is 9.17. The van der Waals surface area contributed by atoms with E-state index in [2.05, 4.69) is 15.6 Å². The van der Waals surface area contributed by atoms with Crippen LogP contribution in [0.2, 0.25) is 0 Å². The van der Waals surface area contributed by atoms with Crippen LogP contribution in [0.3, 0.4) is 0 Å². The summed E-state index contributed by atoms with van der Waals surface area (Å²) in [6.45, 7) is 1.91. The molecule has 64 valence electrons. The number of hydrogen-bond donors (Lipinski definition) is 2. The van der Waals surface area contributed by atoms with Gasteiger partial charge in [0.2, 0.25) is 6.41 Å². The molecule has 1 aromatic rings. The van der Waals surface area contributed by atoms with Crippen molar-refractivity contribution in [3.05, 3.63) is 17.8 Å². The predicted molar refractivity (Wildman–Crippen MR) is 48.2 cm³/mol. The molecule has 0 atom stereocenters. The van der Waals surface area contributed by atoms with Gasteiger partial charge in [-0.25, -0.2) is 4.98 Å². The summed E-state index contributed by atoms with van der Waals surface area (Å²) in [5.74, 6) is 0.683. The van der Waals surface area contributed by atoms with Gasteiger partial charge in [-0.05, 0) is 18.6 Å². The van der Waals surface area contributed by atoms with Crippen molar-refractivity contribution >= 4 is 17.9 Å². The highest BCUT2D eigenvalue weighted by atomic mass is 16.1. The van der Waals surface area contributed by atoms with Crippen molar-refractivity contribution in [2.24, 2.45) is 0 Å². The average Bonchev–Trinajstić information content (AvgIpc) is 2.09. The topological polar surface area (TPSA) is 54.0 Å². The van der Waals surface area contributed by atoms with Crippen molar-refractivity contribution in [2.75, 3.05) is 17.7 Å². The van der Waals surface area contributed by atoms with E-state index < -0.39 is 0 Å². The fourth-order valence-corrected chi connectivity index (χ4v) is 0.989. The third-order valence-electron chi connectivity index (χ3n) is 1.60. The van der Waals surface area contributed by atoms with Gasteiger partial charge in [-0.15, -0.1) is 0 Å². The zero-order valence-corrected chi connectivity index (χ0v) is 7.09. The third-order valence-corrected chi connectivity index (χ3v) is 1.60. The maximum Gasteiger partial charge on any atom is 0.211 e. The molecular weight excluding hydrogens is 154 g/mol. The van der Waals surface area contributed by atoms with Crippen LogP contribution in [-0.2, 0) is 4.79 Å². The second kappa shape index (κ2) is 3.71. The summed E-state index contributed by atoms with van der Waals surface area (Å²) in [5.41, 5.74) is 1.72. The van der Waals surface area contributed by atoms with Gasteiger partial charge in [0.1, 0.15) is 5.82 Å². The van der Waals surface area contributed by atoms with Gasteiger partial charge < -0.3 is 10.6 Å². The van der Waals surface area contributed by atoms with Gasteiger partial charge in [-0.3, -0.25) is 4.79 Å². The minimum atomic E-state index is 0.644. The molecule has 0 unspecified atom stereocenters. The lowest BCUT2D eigenvalue weighted by Gasteiger charge is -2.08. The molecular formula is C8H11N3O. The first-order chi connectivity index (χ1) is 5.79. The summed E-state index contributed by atoms with van der Waals surface area (Å²) < 4.78 is 0. The monoisotopic (exact) mass is 165 g/mol. The van der Waals surface area contributed by atoms with E-state index in [0.717, 1.165) is 11.3 Å². The lowest BCUT2D eigenvalue weighted by molar-refractivity contribution is -0.105. The molecule has 2 N–H and O–H groups in total. The molecule has 4 nitrogen and oxygen atoms in total. The van der Waals surface area contributed by atoms with Gasteiger partial charge in [0.05, 0.1) is 5.69 Å². The van der Waals surface area contributed by atoms with Crippen molar-refractivity contribution < 1.29 is 4.79 Å². The Bertz CT molecular complexity index is 286. The van der Waals surface area contributed by atoms with Crippen molar-refractivity contribution in [3.63, 3.8) is 0 Å². The Kier molecular flexibility index (Phi) is 2.63. The Balaban J connectivity index is 3.10. The molecule has 0 aliphatic carbocycles. The van der Waals surface area contributed by atoms with E-state index in [1.165, 1.54) is 0 Å². The summed E-state index contributed by atoms with van der Waals surface area (Å²) in [5, 5.41) is 5.48. The third kappa shape index (κ3) is 1.53. The summed E-state index contributed by atoms with van der Waals surface area (Å²) in [6, 6.07) is 1.84. The number of nitrogens with zero attached hydrogens (tertiary/aromatic N) is 1. The highest BCUT2D eigenvalue weighted by Gasteiger charge is 2.02. The predicted octanol–water partition coefficient (Wildman–Crippen LogP) is 1.00. The van der Waals surface area contributed by atoms with Crippen LogP contribution in [0.25, 0.3) is 0 Å². The minimum Gasteiger partial charge on any atom is -0.371 e.